The summed E-state index contributed by atoms with van der Waals surface area (Å²) in [6.45, 7) is 9.25. The van der Waals surface area contributed by atoms with Gasteiger partial charge in [0.1, 0.15) is 27.2 Å². The third-order valence-corrected chi connectivity index (χ3v) is 13.7. The van der Waals surface area contributed by atoms with Crippen molar-refractivity contribution in [2.75, 3.05) is 72.8 Å². The number of benzene rings is 3. The number of nitrogens with zero attached hydrogens (tertiary/aromatic N) is 6. The number of thiazole rings is 1. The first-order valence-corrected chi connectivity index (χ1v) is 24.3. The molecule has 21 heteroatoms. The number of halogens is 2. The Bertz CT molecular complexity index is 2670. The molecule has 2 aromatic heterocycles. The topological polar surface area (TPSA) is 181 Å². The Kier molecular flexibility index (Phi) is 12.9. The van der Waals surface area contributed by atoms with Crippen LogP contribution in [0.3, 0.4) is 0 Å². The molecule has 0 saturated carbocycles. The average Bonchev–Trinajstić information content (AvgIpc) is 3.62. The van der Waals surface area contributed by atoms with E-state index in [-0.39, 0.29) is 27.8 Å². The second-order valence-corrected chi connectivity index (χ2v) is 20.7. The Morgan fingerprint density at radius 1 is 0.915 bits per heavy atom. The molecule has 3 aromatic carbocycles. The summed E-state index contributed by atoms with van der Waals surface area (Å²) in [7, 11) is -11.3. The number of rotatable bonds is 15. The quantitative estimate of drug-likeness (QED) is 0.121. The molecule has 0 atom stereocenters. The lowest BCUT2D eigenvalue weighted by Gasteiger charge is -2.37. The number of methoxy groups -OCH3 is 1. The molecule has 1 N–H and O–H groups in total. The van der Waals surface area contributed by atoms with Gasteiger partial charge < -0.3 is 15.0 Å². The van der Waals surface area contributed by atoms with Gasteiger partial charge in [0, 0.05) is 68.4 Å². The molecule has 0 aliphatic carbocycles. The van der Waals surface area contributed by atoms with E-state index in [1.165, 1.54) is 35.8 Å². The molecular weight excluding hydrogens is 849 g/mol. The lowest BCUT2D eigenvalue weighted by Crippen LogP contribution is -2.47. The Balaban J connectivity index is 1.32. The molecule has 316 valence electrons. The van der Waals surface area contributed by atoms with Crippen LogP contribution in [0.1, 0.15) is 30.3 Å². The van der Waals surface area contributed by atoms with Crippen LogP contribution in [0.2, 0.25) is 0 Å². The van der Waals surface area contributed by atoms with Gasteiger partial charge in [-0.2, -0.15) is 16.8 Å². The smallest absolute Gasteiger partial charge is 0.293 e. The predicted octanol–water partition coefficient (Wildman–Crippen LogP) is 5.98. The number of nitrogens with one attached hydrogen (secondary N) is 1. The number of hydrogen-bond donors (Lipinski definition) is 1. The Morgan fingerprint density at radius 2 is 1.59 bits per heavy atom. The minimum absolute atomic E-state index is 0.0296. The molecule has 6 rings (SSSR count). The SMILES string of the molecule is COc1cc(N2CCN(CCS(C)(=O)=O)CC2)c(C)cc1Nc1nccc(-c2sc(C(C)C)nc2-c2cccc(N(OS(C)(=O)=O)S(=O)(=O)c3c(F)cccc3F)c2)n1. The Hall–Kier alpha value is -4.80. The highest BCUT2D eigenvalue weighted by atomic mass is 32.2. The van der Waals surface area contributed by atoms with Crippen molar-refractivity contribution in [2.45, 2.75) is 31.6 Å². The third kappa shape index (κ3) is 10.3. The van der Waals surface area contributed by atoms with E-state index in [1.54, 1.807) is 25.4 Å². The Labute approximate surface area is 346 Å². The first-order valence-electron chi connectivity index (χ1n) is 18.2. The van der Waals surface area contributed by atoms with Gasteiger partial charge in [0.05, 0.1) is 51.8 Å². The lowest BCUT2D eigenvalue weighted by atomic mass is 10.1. The average molecular weight is 892 g/mol. The summed E-state index contributed by atoms with van der Waals surface area (Å²) in [5.41, 5.74) is 3.33. The zero-order chi connectivity index (χ0) is 42.9. The van der Waals surface area contributed by atoms with Crippen LogP contribution in [0, 0.1) is 18.6 Å². The number of aromatic nitrogens is 3. The molecule has 5 aromatic rings. The van der Waals surface area contributed by atoms with Crippen molar-refractivity contribution in [1.82, 2.24) is 19.9 Å². The third-order valence-electron chi connectivity index (χ3n) is 9.21. The summed E-state index contributed by atoms with van der Waals surface area (Å²) in [5.74, 6) is -2.02. The number of hydrogen-bond acceptors (Lipinski definition) is 15. The molecule has 1 saturated heterocycles. The molecule has 3 heterocycles. The molecule has 0 unspecified atom stereocenters. The summed E-state index contributed by atoms with van der Waals surface area (Å²) in [6, 6.07) is 13.5. The lowest BCUT2D eigenvalue weighted by molar-refractivity contribution is 0.272. The minimum atomic E-state index is -5.28. The largest absolute Gasteiger partial charge is 0.494 e. The van der Waals surface area contributed by atoms with Gasteiger partial charge in [-0.3, -0.25) is 4.90 Å². The van der Waals surface area contributed by atoms with Crippen LogP contribution in [0.5, 0.6) is 5.75 Å². The summed E-state index contributed by atoms with van der Waals surface area (Å²) in [5, 5.41) is 3.97. The zero-order valence-corrected chi connectivity index (χ0v) is 36.3. The van der Waals surface area contributed by atoms with Gasteiger partial charge in [-0.05, 0) is 48.9 Å². The monoisotopic (exact) mass is 891 g/mol. The van der Waals surface area contributed by atoms with Gasteiger partial charge in [-0.25, -0.2) is 32.2 Å². The molecule has 15 nitrogen and oxygen atoms in total. The summed E-state index contributed by atoms with van der Waals surface area (Å²) >= 11 is 1.34. The van der Waals surface area contributed by atoms with Gasteiger partial charge in [0.2, 0.25) is 5.95 Å². The highest BCUT2D eigenvalue weighted by molar-refractivity contribution is 7.93. The molecule has 0 bridgehead atoms. The maximum Gasteiger partial charge on any atom is 0.293 e. The Morgan fingerprint density at radius 3 is 2.22 bits per heavy atom. The van der Waals surface area contributed by atoms with E-state index in [9.17, 15) is 34.0 Å². The van der Waals surface area contributed by atoms with Crippen LogP contribution in [-0.2, 0) is 34.3 Å². The van der Waals surface area contributed by atoms with Crippen molar-refractivity contribution in [3.8, 4) is 27.6 Å². The second kappa shape index (κ2) is 17.4. The van der Waals surface area contributed by atoms with Gasteiger partial charge >= 0.3 is 0 Å². The van der Waals surface area contributed by atoms with Crippen molar-refractivity contribution >= 4 is 64.3 Å². The maximum atomic E-state index is 14.8. The van der Waals surface area contributed by atoms with Crippen LogP contribution >= 0.6 is 11.3 Å². The van der Waals surface area contributed by atoms with Crippen molar-refractivity contribution in [1.29, 1.82) is 0 Å². The number of anilines is 4. The summed E-state index contributed by atoms with van der Waals surface area (Å²) in [4.78, 5) is 17.7. The van der Waals surface area contributed by atoms with Gasteiger partial charge in [0.25, 0.3) is 20.1 Å². The van der Waals surface area contributed by atoms with Gasteiger partial charge in [0.15, 0.2) is 4.90 Å². The van der Waals surface area contributed by atoms with E-state index in [0.717, 1.165) is 42.5 Å². The van der Waals surface area contributed by atoms with E-state index in [2.05, 4.69) is 20.1 Å². The van der Waals surface area contributed by atoms with E-state index in [4.69, 9.17) is 19.0 Å². The summed E-state index contributed by atoms with van der Waals surface area (Å²) in [6.07, 6.45) is 3.41. The number of aryl methyl sites for hydroxylation is 1. The first kappa shape index (κ1) is 43.8. The van der Waals surface area contributed by atoms with E-state index in [0.29, 0.717) is 64.2 Å². The van der Waals surface area contributed by atoms with Crippen LogP contribution in [0.4, 0.5) is 31.8 Å². The standard InChI is InChI=1S/C38H43F2N7O8S4/c1-24(2)37-44-34(26-9-7-10-27(22-26)47(55-58(6,50)51)59(52,53)36-28(39)11-8-12-29(36)40)35(56-37)30-13-14-41-38(42-30)43-31-21-25(3)32(23-33(31)54-4)46-17-15-45(16-18-46)19-20-57(5,48)49/h7-14,21-24H,15-20H2,1-6H3,(H,41,42,43). The normalized spacial score (nSPS) is 14.2. The molecule has 0 spiro atoms. The van der Waals surface area contributed by atoms with Crippen LogP contribution < -0.4 is 19.4 Å². The predicted molar refractivity (Wildman–Crippen MR) is 224 cm³/mol. The fourth-order valence-corrected chi connectivity index (χ4v) is 10.2. The fourth-order valence-electron chi connectivity index (χ4n) is 6.33. The highest BCUT2D eigenvalue weighted by Crippen LogP contribution is 2.41. The molecular formula is C38H43F2N7O8S4. The molecule has 0 radical (unpaired) electrons. The number of piperazine rings is 1. The molecule has 1 aliphatic heterocycles. The maximum absolute atomic E-state index is 14.8. The number of sulfonamides is 1. The van der Waals surface area contributed by atoms with Gasteiger partial charge in [-0.1, -0.05) is 32.0 Å². The van der Waals surface area contributed by atoms with E-state index < -0.39 is 46.5 Å². The second-order valence-electron chi connectivity index (χ2n) is 14.2. The molecule has 1 fully saturated rings. The number of ether oxygens (including phenoxy) is 1. The van der Waals surface area contributed by atoms with E-state index >= 15 is 0 Å². The number of sulfone groups is 1. The van der Waals surface area contributed by atoms with Crippen LogP contribution in [0.25, 0.3) is 21.8 Å². The minimum Gasteiger partial charge on any atom is -0.494 e. The first-order chi connectivity index (χ1) is 27.7. The van der Waals surface area contributed by atoms with Crippen molar-refractivity contribution in [3.05, 3.63) is 89.1 Å². The van der Waals surface area contributed by atoms with Crippen molar-refractivity contribution < 1.29 is 43.1 Å². The molecule has 0 amide bonds. The summed E-state index contributed by atoms with van der Waals surface area (Å²) < 4.78 is 116. The molecule has 59 heavy (non-hydrogen) atoms. The van der Waals surface area contributed by atoms with Crippen LogP contribution in [0.15, 0.2) is 71.8 Å². The molecule has 1 aliphatic rings. The van der Waals surface area contributed by atoms with Crippen molar-refractivity contribution in [2.24, 2.45) is 0 Å². The fraction of sp³-hybridized carbons (Fsp3) is 0.342. The highest BCUT2D eigenvalue weighted by Gasteiger charge is 2.35. The zero-order valence-electron chi connectivity index (χ0n) is 33.0. The van der Waals surface area contributed by atoms with E-state index in [1.807, 2.05) is 32.9 Å². The van der Waals surface area contributed by atoms with Crippen molar-refractivity contribution in [3.63, 3.8) is 0 Å². The van der Waals surface area contributed by atoms with Gasteiger partial charge in [-0.15, -0.1) is 20.1 Å². The van der Waals surface area contributed by atoms with Crippen LogP contribution in [-0.4, -0.2) is 103 Å².